The second kappa shape index (κ2) is 8.21. The monoisotopic (exact) mass is 354 g/mol. The van der Waals surface area contributed by atoms with E-state index in [0.29, 0.717) is 17.6 Å². The van der Waals surface area contributed by atoms with Gasteiger partial charge in [-0.05, 0) is 43.3 Å². The Hall–Kier alpha value is -3.26. The Labute approximate surface area is 150 Å². The minimum absolute atomic E-state index is 0.0617. The standard InChI is InChI=1S/C18H19FN6O/c1-12(11-26)20-16-23-17(21-14-5-3-2-4-6-14)25-18(24-16)22-15-9-7-13(19)8-10-15/h2-10,12,26H,11H2,1H3,(H3,20,21,22,23,24,25)/t12-/m1/s1. The highest BCUT2D eigenvalue weighted by atomic mass is 19.1. The number of nitrogens with zero attached hydrogens (tertiary/aromatic N) is 3. The number of rotatable bonds is 7. The second-order valence-corrected chi connectivity index (χ2v) is 5.66. The van der Waals surface area contributed by atoms with Crippen LogP contribution in [0.15, 0.2) is 54.6 Å². The number of benzene rings is 2. The molecule has 3 rings (SSSR count). The fraction of sp³-hybridized carbons (Fsp3) is 0.167. The molecule has 0 amide bonds. The first-order valence-corrected chi connectivity index (χ1v) is 8.10. The van der Waals surface area contributed by atoms with E-state index in [0.717, 1.165) is 5.69 Å². The fourth-order valence-corrected chi connectivity index (χ4v) is 2.13. The molecule has 1 heterocycles. The van der Waals surface area contributed by atoms with Gasteiger partial charge in [-0.25, -0.2) is 4.39 Å². The number of para-hydroxylation sites is 1. The van der Waals surface area contributed by atoms with Crippen LogP contribution in [0, 0.1) is 5.82 Å². The number of halogens is 1. The van der Waals surface area contributed by atoms with Crippen molar-refractivity contribution >= 4 is 29.2 Å². The van der Waals surface area contributed by atoms with Crippen LogP contribution in [0.4, 0.5) is 33.6 Å². The van der Waals surface area contributed by atoms with Crippen LogP contribution in [0.1, 0.15) is 6.92 Å². The largest absolute Gasteiger partial charge is 0.394 e. The van der Waals surface area contributed by atoms with E-state index in [9.17, 15) is 9.50 Å². The van der Waals surface area contributed by atoms with E-state index in [2.05, 4.69) is 30.9 Å². The van der Waals surface area contributed by atoms with Crippen LogP contribution in [-0.2, 0) is 0 Å². The maximum absolute atomic E-state index is 13.1. The number of nitrogens with one attached hydrogen (secondary N) is 3. The van der Waals surface area contributed by atoms with Crippen molar-refractivity contribution in [2.24, 2.45) is 0 Å². The summed E-state index contributed by atoms with van der Waals surface area (Å²) in [7, 11) is 0. The van der Waals surface area contributed by atoms with E-state index in [-0.39, 0.29) is 24.4 Å². The van der Waals surface area contributed by atoms with Crippen molar-refractivity contribution in [3.8, 4) is 0 Å². The number of aliphatic hydroxyl groups excluding tert-OH is 1. The molecular weight excluding hydrogens is 335 g/mol. The topological polar surface area (TPSA) is 95.0 Å². The summed E-state index contributed by atoms with van der Waals surface area (Å²) in [6.45, 7) is 1.75. The average Bonchev–Trinajstić information content (AvgIpc) is 2.64. The van der Waals surface area contributed by atoms with E-state index >= 15 is 0 Å². The van der Waals surface area contributed by atoms with Crippen molar-refractivity contribution in [3.05, 3.63) is 60.4 Å². The molecule has 1 aromatic heterocycles. The predicted molar refractivity (Wildman–Crippen MR) is 99.4 cm³/mol. The zero-order chi connectivity index (χ0) is 18.4. The minimum Gasteiger partial charge on any atom is -0.394 e. The van der Waals surface area contributed by atoms with Crippen LogP contribution in [0.25, 0.3) is 0 Å². The summed E-state index contributed by atoms with van der Waals surface area (Å²) in [5, 5.41) is 18.4. The van der Waals surface area contributed by atoms with Crippen molar-refractivity contribution in [1.29, 1.82) is 0 Å². The van der Waals surface area contributed by atoms with Crippen LogP contribution >= 0.6 is 0 Å². The number of hydrogen-bond donors (Lipinski definition) is 4. The third-order valence-corrected chi connectivity index (χ3v) is 3.42. The summed E-state index contributed by atoms with van der Waals surface area (Å²) in [6, 6.07) is 15.1. The highest BCUT2D eigenvalue weighted by Gasteiger charge is 2.10. The molecule has 1 atom stereocenters. The van der Waals surface area contributed by atoms with Gasteiger partial charge in [-0.3, -0.25) is 0 Å². The van der Waals surface area contributed by atoms with Gasteiger partial charge in [0.05, 0.1) is 6.61 Å². The summed E-state index contributed by atoms with van der Waals surface area (Å²) >= 11 is 0. The normalized spacial score (nSPS) is 11.7. The lowest BCUT2D eigenvalue weighted by Gasteiger charge is -2.14. The van der Waals surface area contributed by atoms with Crippen molar-refractivity contribution in [2.45, 2.75) is 13.0 Å². The molecule has 2 aromatic carbocycles. The maximum Gasteiger partial charge on any atom is 0.233 e. The van der Waals surface area contributed by atoms with Crippen molar-refractivity contribution in [3.63, 3.8) is 0 Å². The Bertz CT molecular complexity index is 844. The Morgan fingerprint density at radius 2 is 1.38 bits per heavy atom. The van der Waals surface area contributed by atoms with E-state index in [4.69, 9.17) is 0 Å². The van der Waals surface area contributed by atoms with Crippen molar-refractivity contribution in [2.75, 3.05) is 22.6 Å². The van der Waals surface area contributed by atoms with E-state index in [1.165, 1.54) is 12.1 Å². The molecule has 26 heavy (non-hydrogen) atoms. The van der Waals surface area contributed by atoms with Gasteiger partial charge in [0, 0.05) is 17.4 Å². The van der Waals surface area contributed by atoms with E-state index in [1.54, 1.807) is 19.1 Å². The first-order chi connectivity index (χ1) is 12.6. The van der Waals surface area contributed by atoms with Gasteiger partial charge >= 0.3 is 0 Å². The lowest BCUT2D eigenvalue weighted by atomic mass is 10.3. The molecule has 0 aliphatic heterocycles. The summed E-state index contributed by atoms with van der Waals surface area (Å²) in [5.41, 5.74) is 1.47. The lowest BCUT2D eigenvalue weighted by molar-refractivity contribution is 0.281. The molecule has 0 saturated heterocycles. The highest BCUT2D eigenvalue weighted by molar-refractivity contribution is 5.59. The first-order valence-electron chi connectivity index (χ1n) is 8.10. The molecule has 0 radical (unpaired) electrons. The SMILES string of the molecule is C[C@H](CO)Nc1nc(Nc2ccccc2)nc(Nc2ccc(F)cc2)n1. The quantitative estimate of drug-likeness (QED) is 0.517. The van der Waals surface area contributed by atoms with E-state index < -0.39 is 0 Å². The maximum atomic E-state index is 13.1. The van der Waals surface area contributed by atoms with Crippen LogP contribution in [0.5, 0.6) is 0 Å². The van der Waals surface area contributed by atoms with Crippen molar-refractivity contribution in [1.82, 2.24) is 15.0 Å². The molecule has 0 aliphatic rings. The van der Waals surface area contributed by atoms with Gasteiger partial charge in [0.1, 0.15) is 5.82 Å². The number of hydrogen-bond acceptors (Lipinski definition) is 7. The molecule has 0 unspecified atom stereocenters. The first kappa shape index (κ1) is 17.6. The summed E-state index contributed by atoms with van der Waals surface area (Å²) in [5.74, 6) is 0.613. The molecule has 7 nitrogen and oxygen atoms in total. The minimum atomic E-state index is -0.322. The van der Waals surface area contributed by atoms with Crippen molar-refractivity contribution < 1.29 is 9.50 Å². The Morgan fingerprint density at radius 3 is 1.96 bits per heavy atom. The molecule has 0 aliphatic carbocycles. The highest BCUT2D eigenvalue weighted by Crippen LogP contribution is 2.19. The number of aliphatic hydroxyl groups is 1. The third kappa shape index (κ3) is 4.87. The third-order valence-electron chi connectivity index (χ3n) is 3.42. The van der Waals surface area contributed by atoms with Gasteiger partial charge in [-0.1, -0.05) is 18.2 Å². The molecule has 134 valence electrons. The number of anilines is 5. The molecule has 0 spiro atoms. The van der Waals surface area contributed by atoms with Gasteiger partial charge in [-0.15, -0.1) is 0 Å². The molecule has 8 heteroatoms. The summed E-state index contributed by atoms with van der Waals surface area (Å²) < 4.78 is 13.1. The Morgan fingerprint density at radius 1 is 0.846 bits per heavy atom. The molecule has 4 N–H and O–H groups in total. The van der Waals surface area contributed by atoms with Gasteiger partial charge in [0.25, 0.3) is 0 Å². The molecule has 0 saturated carbocycles. The van der Waals surface area contributed by atoms with Gasteiger partial charge in [-0.2, -0.15) is 15.0 Å². The summed E-state index contributed by atoms with van der Waals surface area (Å²) in [4.78, 5) is 12.9. The van der Waals surface area contributed by atoms with Crippen LogP contribution in [0.3, 0.4) is 0 Å². The Kier molecular flexibility index (Phi) is 5.55. The smallest absolute Gasteiger partial charge is 0.233 e. The Balaban J connectivity index is 1.87. The van der Waals surface area contributed by atoms with Crippen LogP contribution < -0.4 is 16.0 Å². The predicted octanol–water partition coefficient (Wildman–Crippen LogP) is 3.29. The molecule has 0 fully saturated rings. The zero-order valence-corrected chi connectivity index (χ0v) is 14.1. The van der Waals surface area contributed by atoms with Gasteiger partial charge < -0.3 is 21.1 Å². The molecule has 3 aromatic rings. The van der Waals surface area contributed by atoms with E-state index in [1.807, 2.05) is 30.3 Å². The van der Waals surface area contributed by atoms with Gasteiger partial charge in [0.2, 0.25) is 17.8 Å². The second-order valence-electron chi connectivity index (χ2n) is 5.66. The lowest BCUT2D eigenvalue weighted by Crippen LogP contribution is -2.21. The summed E-state index contributed by atoms with van der Waals surface area (Å²) in [6.07, 6.45) is 0. The molecular formula is C18H19FN6O. The van der Waals surface area contributed by atoms with Gasteiger partial charge in [0.15, 0.2) is 0 Å². The van der Waals surface area contributed by atoms with Crippen LogP contribution in [-0.4, -0.2) is 32.7 Å². The van der Waals surface area contributed by atoms with Crippen LogP contribution in [0.2, 0.25) is 0 Å². The fourth-order valence-electron chi connectivity index (χ4n) is 2.13. The zero-order valence-electron chi connectivity index (χ0n) is 14.1. The number of aromatic nitrogens is 3. The molecule has 0 bridgehead atoms. The average molecular weight is 354 g/mol.